The monoisotopic (exact) mass is 414 g/mol. The lowest BCUT2D eigenvalue weighted by Crippen LogP contribution is -2.53. The second-order valence-electron chi connectivity index (χ2n) is 8.11. The predicted molar refractivity (Wildman–Crippen MR) is 116 cm³/mol. The van der Waals surface area contributed by atoms with E-state index >= 15 is 0 Å². The summed E-state index contributed by atoms with van der Waals surface area (Å²) < 4.78 is 24.8. The smallest absolute Gasteiger partial charge is 0.232 e. The molecule has 2 aromatic rings. The third kappa shape index (κ3) is 5.25. The molecule has 156 valence electrons. The summed E-state index contributed by atoms with van der Waals surface area (Å²) in [5.74, 6) is 0.298. The van der Waals surface area contributed by atoms with Crippen molar-refractivity contribution in [2.75, 3.05) is 38.5 Å². The summed E-state index contributed by atoms with van der Waals surface area (Å²) in [6.45, 7) is 7.61. The van der Waals surface area contributed by atoms with Crippen molar-refractivity contribution in [2.24, 2.45) is 0 Å². The second-order valence-corrected chi connectivity index (χ2v) is 10.2. The van der Waals surface area contributed by atoms with Gasteiger partial charge in [-0.3, -0.25) is 9.69 Å². The number of nitrogens with zero attached hydrogens (tertiary/aromatic N) is 2. The number of amides is 1. The number of carbonyl (C=O) groups excluding carboxylic acids is 1. The third-order valence-electron chi connectivity index (χ3n) is 5.68. The van der Waals surface area contributed by atoms with Crippen LogP contribution in [-0.2, 0) is 20.0 Å². The molecule has 3 rings (SSSR count). The maximum absolute atomic E-state index is 13.1. The molecule has 1 fully saturated rings. The van der Waals surface area contributed by atoms with Gasteiger partial charge in [-0.2, -0.15) is 0 Å². The minimum atomic E-state index is -3.23. The van der Waals surface area contributed by atoms with Crippen molar-refractivity contribution in [3.05, 3.63) is 66.2 Å². The molecule has 0 spiro atoms. The number of sulfone groups is 1. The predicted octanol–water partition coefficient (Wildman–Crippen LogP) is 2.97. The molecule has 1 aliphatic rings. The molecule has 29 heavy (non-hydrogen) atoms. The van der Waals surface area contributed by atoms with Crippen molar-refractivity contribution < 1.29 is 13.2 Å². The van der Waals surface area contributed by atoms with Crippen LogP contribution in [0.4, 0.5) is 0 Å². The second kappa shape index (κ2) is 9.09. The molecule has 0 saturated carbocycles. The van der Waals surface area contributed by atoms with Crippen molar-refractivity contribution >= 4 is 15.7 Å². The van der Waals surface area contributed by atoms with Crippen molar-refractivity contribution in [3.63, 3.8) is 0 Å². The van der Waals surface area contributed by atoms with Gasteiger partial charge in [0.1, 0.15) is 0 Å². The topological polar surface area (TPSA) is 57.7 Å². The molecule has 0 atom stereocenters. The molecule has 0 radical (unpaired) electrons. The Bertz CT molecular complexity index is 904. The Balaban J connectivity index is 1.48. The number of hydrogen-bond acceptors (Lipinski definition) is 4. The molecule has 0 bridgehead atoms. The highest BCUT2D eigenvalue weighted by Gasteiger charge is 2.34. The Kier molecular flexibility index (Phi) is 6.75. The van der Waals surface area contributed by atoms with Crippen LogP contribution in [0, 0.1) is 0 Å². The lowest BCUT2D eigenvalue weighted by molar-refractivity contribution is -0.138. The van der Waals surface area contributed by atoms with Crippen LogP contribution in [0.15, 0.2) is 65.6 Å². The molecule has 0 unspecified atom stereocenters. The van der Waals surface area contributed by atoms with Gasteiger partial charge in [-0.1, -0.05) is 48.5 Å². The van der Waals surface area contributed by atoms with Crippen LogP contribution in [0.2, 0.25) is 0 Å². The Morgan fingerprint density at radius 3 is 2.03 bits per heavy atom. The lowest BCUT2D eigenvalue weighted by atomic mass is 9.83. The maximum atomic E-state index is 13.1. The van der Waals surface area contributed by atoms with Crippen LogP contribution < -0.4 is 0 Å². The first kappa shape index (κ1) is 21.5. The van der Waals surface area contributed by atoms with Crippen molar-refractivity contribution in [3.8, 4) is 0 Å². The van der Waals surface area contributed by atoms with Gasteiger partial charge in [-0.25, -0.2) is 8.42 Å². The van der Waals surface area contributed by atoms with Gasteiger partial charge in [0, 0.05) is 26.2 Å². The Hall–Kier alpha value is -2.18. The van der Waals surface area contributed by atoms with Gasteiger partial charge < -0.3 is 4.90 Å². The van der Waals surface area contributed by atoms with Crippen LogP contribution in [0.5, 0.6) is 0 Å². The molecule has 2 aromatic carbocycles. The van der Waals surface area contributed by atoms with Gasteiger partial charge in [-0.15, -0.1) is 0 Å². The zero-order valence-corrected chi connectivity index (χ0v) is 18.1. The molecule has 0 aromatic heterocycles. The van der Waals surface area contributed by atoms with E-state index in [2.05, 4.69) is 4.90 Å². The quantitative estimate of drug-likeness (QED) is 0.699. The van der Waals surface area contributed by atoms with Gasteiger partial charge in [0.2, 0.25) is 5.91 Å². The summed E-state index contributed by atoms with van der Waals surface area (Å²) in [4.78, 5) is 17.6. The summed E-state index contributed by atoms with van der Waals surface area (Å²) in [6.07, 6.45) is 0.598. The fraction of sp³-hybridized carbons (Fsp3) is 0.435. The van der Waals surface area contributed by atoms with Gasteiger partial charge in [0.15, 0.2) is 9.84 Å². The van der Waals surface area contributed by atoms with Gasteiger partial charge in [0.05, 0.1) is 16.1 Å². The maximum Gasteiger partial charge on any atom is 0.232 e. The highest BCUT2D eigenvalue weighted by molar-refractivity contribution is 7.91. The zero-order valence-electron chi connectivity index (χ0n) is 17.3. The summed E-state index contributed by atoms with van der Waals surface area (Å²) >= 11 is 0. The summed E-state index contributed by atoms with van der Waals surface area (Å²) in [5.41, 5.74) is 0.478. The van der Waals surface area contributed by atoms with E-state index in [0.29, 0.717) is 24.4 Å². The number of carbonyl (C=O) groups is 1. The summed E-state index contributed by atoms with van der Waals surface area (Å²) in [6, 6.07) is 18.5. The first-order valence-corrected chi connectivity index (χ1v) is 11.8. The number of benzene rings is 2. The minimum absolute atomic E-state index is 0.148. The van der Waals surface area contributed by atoms with Crippen LogP contribution in [0.3, 0.4) is 0 Å². The Morgan fingerprint density at radius 2 is 1.45 bits per heavy atom. The normalized spacial score (nSPS) is 16.0. The average Bonchev–Trinajstić information content (AvgIpc) is 2.75. The zero-order chi connectivity index (χ0) is 20.9. The number of piperazine rings is 1. The highest BCUT2D eigenvalue weighted by atomic mass is 32.2. The van der Waals surface area contributed by atoms with E-state index in [0.717, 1.165) is 25.2 Å². The van der Waals surface area contributed by atoms with Gasteiger partial charge >= 0.3 is 0 Å². The molecule has 1 amide bonds. The number of rotatable bonds is 7. The van der Waals surface area contributed by atoms with E-state index in [-0.39, 0.29) is 11.7 Å². The van der Waals surface area contributed by atoms with Crippen LogP contribution >= 0.6 is 0 Å². The molecule has 5 nitrogen and oxygen atoms in total. The van der Waals surface area contributed by atoms with E-state index in [1.54, 1.807) is 24.3 Å². The van der Waals surface area contributed by atoms with Crippen molar-refractivity contribution in [1.29, 1.82) is 0 Å². The summed E-state index contributed by atoms with van der Waals surface area (Å²) in [5, 5.41) is 0. The molecule has 1 heterocycles. The molecule has 1 saturated heterocycles. The van der Waals surface area contributed by atoms with Crippen LogP contribution in [0.1, 0.15) is 25.8 Å². The summed E-state index contributed by atoms with van der Waals surface area (Å²) in [7, 11) is -3.23. The fourth-order valence-corrected chi connectivity index (χ4v) is 5.09. The van der Waals surface area contributed by atoms with E-state index in [4.69, 9.17) is 0 Å². The molecule has 6 heteroatoms. The van der Waals surface area contributed by atoms with E-state index in [1.165, 1.54) is 0 Å². The van der Waals surface area contributed by atoms with Crippen molar-refractivity contribution in [2.45, 2.75) is 30.6 Å². The largest absolute Gasteiger partial charge is 0.339 e. The lowest BCUT2D eigenvalue weighted by Gasteiger charge is -2.38. The fourth-order valence-electron chi connectivity index (χ4n) is 3.77. The van der Waals surface area contributed by atoms with Crippen LogP contribution in [-0.4, -0.2) is 62.6 Å². The highest BCUT2D eigenvalue weighted by Crippen LogP contribution is 2.26. The minimum Gasteiger partial charge on any atom is -0.339 e. The Labute approximate surface area is 174 Å². The molecule has 0 aliphatic carbocycles. The van der Waals surface area contributed by atoms with E-state index in [9.17, 15) is 13.2 Å². The van der Waals surface area contributed by atoms with E-state index in [1.807, 2.05) is 55.1 Å². The number of hydrogen-bond donors (Lipinski definition) is 0. The first-order chi connectivity index (χ1) is 13.8. The first-order valence-electron chi connectivity index (χ1n) is 10.2. The molecule has 1 aliphatic heterocycles. The molecular weight excluding hydrogens is 384 g/mol. The van der Waals surface area contributed by atoms with Gasteiger partial charge in [-0.05, 0) is 44.5 Å². The standard InChI is InChI=1S/C23H30N2O3S/c1-23(2,20-10-5-3-6-11-20)22(26)25-17-15-24(16-18-25)14-9-19-29(27,28)21-12-7-4-8-13-21/h3-8,10-13H,9,14-19H2,1-2H3. The Morgan fingerprint density at radius 1 is 0.897 bits per heavy atom. The van der Waals surface area contributed by atoms with Crippen LogP contribution in [0.25, 0.3) is 0 Å². The molecule has 0 N–H and O–H groups in total. The SMILES string of the molecule is CC(C)(C(=O)N1CCN(CCCS(=O)(=O)c2ccccc2)CC1)c1ccccc1. The van der Waals surface area contributed by atoms with Crippen molar-refractivity contribution in [1.82, 2.24) is 9.80 Å². The molecular formula is C23H30N2O3S. The van der Waals surface area contributed by atoms with E-state index < -0.39 is 15.3 Å². The average molecular weight is 415 g/mol. The van der Waals surface area contributed by atoms with Gasteiger partial charge in [0.25, 0.3) is 0 Å². The third-order valence-corrected chi connectivity index (χ3v) is 7.50.